The summed E-state index contributed by atoms with van der Waals surface area (Å²) in [5, 5.41) is 3.51. The SMILES string of the molecule is C=C(/C=C(\C)C1=Cc2cccc(CC(c3ccccc3)c3ccccc3)c2C1)NCCc1ccc(CC)c(OC)c1. The lowest BCUT2D eigenvalue weighted by atomic mass is 9.84. The molecule has 208 valence electrons. The van der Waals surface area contributed by atoms with E-state index in [1.54, 1.807) is 7.11 Å². The van der Waals surface area contributed by atoms with Gasteiger partial charge in [0.25, 0.3) is 0 Å². The zero-order chi connectivity index (χ0) is 28.6. The lowest BCUT2D eigenvalue weighted by Crippen LogP contribution is -2.15. The van der Waals surface area contributed by atoms with Crippen LogP contribution in [-0.2, 0) is 25.7 Å². The highest BCUT2D eigenvalue weighted by molar-refractivity contribution is 5.70. The van der Waals surface area contributed by atoms with Crippen molar-refractivity contribution in [2.45, 2.75) is 45.4 Å². The molecule has 0 heterocycles. The monoisotopic (exact) mass is 539 g/mol. The van der Waals surface area contributed by atoms with Gasteiger partial charge < -0.3 is 10.1 Å². The molecule has 2 nitrogen and oxygen atoms in total. The average molecular weight is 540 g/mol. The quantitative estimate of drug-likeness (QED) is 0.182. The average Bonchev–Trinajstić information content (AvgIpc) is 3.46. The minimum Gasteiger partial charge on any atom is -0.496 e. The predicted octanol–water partition coefficient (Wildman–Crippen LogP) is 8.86. The van der Waals surface area contributed by atoms with Gasteiger partial charge in [-0.25, -0.2) is 0 Å². The van der Waals surface area contributed by atoms with Crippen LogP contribution in [0.1, 0.15) is 58.7 Å². The van der Waals surface area contributed by atoms with Gasteiger partial charge in [-0.2, -0.15) is 0 Å². The highest BCUT2D eigenvalue weighted by Crippen LogP contribution is 2.36. The van der Waals surface area contributed by atoms with Crippen molar-refractivity contribution < 1.29 is 4.74 Å². The molecule has 0 fully saturated rings. The Kier molecular flexibility index (Phi) is 9.21. The summed E-state index contributed by atoms with van der Waals surface area (Å²) in [6.07, 6.45) is 8.40. The van der Waals surface area contributed by atoms with Gasteiger partial charge in [0.15, 0.2) is 0 Å². The molecule has 1 aliphatic rings. The number of benzene rings is 4. The van der Waals surface area contributed by atoms with Crippen LogP contribution in [-0.4, -0.2) is 13.7 Å². The van der Waals surface area contributed by atoms with E-state index in [2.05, 4.69) is 135 Å². The molecule has 0 amide bonds. The zero-order valence-electron chi connectivity index (χ0n) is 24.6. The molecule has 0 saturated carbocycles. The van der Waals surface area contributed by atoms with Crippen molar-refractivity contribution in [3.05, 3.63) is 166 Å². The van der Waals surface area contributed by atoms with Crippen molar-refractivity contribution in [2.24, 2.45) is 0 Å². The molecule has 0 saturated heterocycles. The highest BCUT2D eigenvalue weighted by atomic mass is 16.5. The van der Waals surface area contributed by atoms with Crippen LogP contribution in [0.4, 0.5) is 0 Å². The summed E-state index contributed by atoms with van der Waals surface area (Å²) in [6, 6.07) is 35.1. The molecule has 4 aromatic rings. The van der Waals surface area contributed by atoms with Crippen molar-refractivity contribution in [2.75, 3.05) is 13.7 Å². The maximum Gasteiger partial charge on any atom is 0.122 e. The summed E-state index contributed by atoms with van der Waals surface area (Å²) in [7, 11) is 1.75. The second-order valence-corrected chi connectivity index (χ2v) is 10.9. The maximum atomic E-state index is 5.56. The largest absolute Gasteiger partial charge is 0.496 e. The van der Waals surface area contributed by atoms with Gasteiger partial charge in [-0.1, -0.05) is 111 Å². The van der Waals surface area contributed by atoms with Gasteiger partial charge in [0.1, 0.15) is 5.75 Å². The van der Waals surface area contributed by atoms with E-state index >= 15 is 0 Å². The van der Waals surface area contributed by atoms with Gasteiger partial charge >= 0.3 is 0 Å². The third-order valence-electron chi connectivity index (χ3n) is 8.23. The molecule has 1 aliphatic carbocycles. The first-order chi connectivity index (χ1) is 20.1. The number of allylic oxidation sites excluding steroid dienone is 3. The Morgan fingerprint density at radius 2 is 1.61 bits per heavy atom. The summed E-state index contributed by atoms with van der Waals surface area (Å²) >= 11 is 0. The fourth-order valence-electron chi connectivity index (χ4n) is 5.91. The van der Waals surface area contributed by atoms with Crippen molar-refractivity contribution in [1.29, 1.82) is 0 Å². The standard InChI is InChI=1S/C39H41NO/c1-5-31-20-19-30(24-39(31)41-4)21-22-40-29(3)23-28(2)36-25-34-17-12-18-35(38(34)27-36)26-37(32-13-8-6-9-14-32)33-15-10-7-11-16-33/h6-20,23-25,37,40H,3,5,21-22,26-27H2,1-2,4H3/b28-23+. The van der Waals surface area contributed by atoms with Crippen molar-refractivity contribution in [3.8, 4) is 5.75 Å². The number of rotatable bonds is 12. The molecule has 0 unspecified atom stereocenters. The number of hydrogen-bond donors (Lipinski definition) is 1. The molecule has 0 aromatic heterocycles. The molecule has 4 aromatic carbocycles. The van der Waals surface area contributed by atoms with Gasteiger partial charge in [-0.05, 0) is 94.8 Å². The van der Waals surface area contributed by atoms with Gasteiger partial charge in [-0.15, -0.1) is 0 Å². The second kappa shape index (κ2) is 13.4. The smallest absolute Gasteiger partial charge is 0.122 e. The molecule has 0 radical (unpaired) electrons. The lowest BCUT2D eigenvalue weighted by molar-refractivity contribution is 0.409. The molecule has 0 aliphatic heterocycles. The number of methoxy groups -OCH3 is 1. The Morgan fingerprint density at radius 1 is 0.902 bits per heavy atom. The Morgan fingerprint density at radius 3 is 2.27 bits per heavy atom. The summed E-state index contributed by atoms with van der Waals surface area (Å²) in [4.78, 5) is 0. The minimum absolute atomic E-state index is 0.326. The zero-order valence-corrected chi connectivity index (χ0v) is 24.6. The molecule has 2 heteroatoms. The first-order valence-corrected chi connectivity index (χ1v) is 14.7. The first-order valence-electron chi connectivity index (χ1n) is 14.7. The van der Waals surface area contributed by atoms with Crippen LogP contribution in [0.2, 0.25) is 0 Å². The fraction of sp³-hybridized carbons (Fsp3) is 0.231. The Labute approximate surface area is 246 Å². The summed E-state index contributed by atoms with van der Waals surface area (Å²) in [5.41, 5.74) is 13.0. The molecule has 0 spiro atoms. The Bertz CT molecular complexity index is 1510. The molecule has 41 heavy (non-hydrogen) atoms. The number of ether oxygens (including phenoxy) is 1. The number of aryl methyl sites for hydroxylation is 1. The predicted molar refractivity (Wildman–Crippen MR) is 174 cm³/mol. The fourth-order valence-corrected chi connectivity index (χ4v) is 5.91. The maximum absolute atomic E-state index is 5.56. The molecule has 5 rings (SSSR count). The van der Waals surface area contributed by atoms with E-state index in [0.29, 0.717) is 5.92 Å². The number of hydrogen-bond acceptors (Lipinski definition) is 2. The number of nitrogens with one attached hydrogen (secondary N) is 1. The number of fused-ring (bicyclic) bond motifs is 1. The van der Waals surface area contributed by atoms with E-state index in [1.807, 2.05) is 0 Å². The van der Waals surface area contributed by atoms with E-state index < -0.39 is 0 Å². The summed E-state index contributed by atoms with van der Waals surface area (Å²) in [6.45, 7) is 9.49. The van der Waals surface area contributed by atoms with Crippen LogP contribution in [0.5, 0.6) is 5.75 Å². The van der Waals surface area contributed by atoms with E-state index in [9.17, 15) is 0 Å². The third kappa shape index (κ3) is 6.89. The highest BCUT2D eigenvalue weighted by Gasteiger charge is 2.21. The molecule has 1 N–H and O–H groups in total. The van der Waals surface area contributed by atoms with E-state index in [-0.39, 0.29) is 0 Å². The Balaban J connectivity index is 1.24. The van der Waals surface area contributed by atoms with Crippen molar-refractivity contribution in [1.82, 2.24) is 5.32 Å². The first kappa shape index (κ1) is 28.2. The lowest BCUT2D eigenvalue weighted by Gasteiger charge is -2.20. The van der Waals surface area contributed by atoms with Crippen molar-refractivity contribution in [3.63, 3.8) is 0 Å². The summed E-state index contributed by atoms with van der Waals surface area (Å²) in [5.74, 6) is 1.30. The van der Waals surface area contributed by atoms with Crippen LogP contribution >= 0.6 is 0 Å². The van der Waals surface area contributed by atoms with Crippen LogP contribution < -0.4 is 10.1 Å². The minimum atomic E-state index is 0.326. The van der Waals surface area contributed by atoms with Crippen LogP contribution in [0.25, 0.3) is 6.08 Å². The van der Waals surface area contributed by atoms with Crippen molar-refractivity contribution >= 4 is 6.08 Å². The van der Waals surface area contributed by atoms with Gasteiger partial charge in [0.05, 0.1) is 7.11 Å². The van der Waals surface area contributed by atoms with Gasteiger partial charge in [0.2, 0.25) is 0 Å². The molecular weight excluding hydrogens is 498 g/mol. The van der Waals surface area contributed by atoms with E-state index in [4.69, 9.17) is 4.74 Å². The topological polar surface area (TPSA) is 21.3 Å². The van der Waals surface area contributed by atoms with Crippen LogP contribution in [0.3, 0.4) is 0 Å². The van der Waals surface area contributed by atoms with E-state index in [1.165, 1.54) is 50.1 Å². The Hall–Kier alpha value is -4.30. The molecule has 0 atom stereocenters. The summed E-state index contributed by atoms with van der Waals surface area (Å²) < 4.78 is 5.56. The second-order valence-electron chi connectivity index (χ2n) is 10.9. The van der Waals surface area contributed by atoms with Crippen LogP contribution in [0.15, 0.2) is 127 Å². The van der Waals surface area contributed by atoms with Gasteiger partial charge in [-0.3, -0.25) is 0 Å². The third-order valence-corrected chi connectivity index (χ3v) is 8.23. The van der Waals surface area contributed by atoms with E-state index in [0.717, 1.165) is 43.7 Å². The van der Waals surface area contributed by atoms with Gasteiger partial charge in [0, 0.05) is 18.2 Å². The van der Waals surface area contributed by atoms with Crippen LogP contribution in [0, 0.1) is 0 Å². The normalized spacial score (nSPS) is 12.7. The molecule has 0 bridgehead atoms. The molecular formula is C39H41NO.